The van der Waals surface area contributed by atoms with Gasteiger partial charge in [-0.3, -0.25) is 0 Å². The molecule has 0 bridgehead atoms. The molecule has 1 aliphatic rings. The Morgan fingerprint density at radius 3 is 2.62 bits per heavy atom. The molecule has 0 radical (unpaired) electrons. The van der Waals surface area contributed by atoms with Gasteiger partial charge in [-0.25, -0.2) is 16.8 Å². The van der Waals surface area contributed by atoms with Crippen LogP contribution in [0.1, 0.15) is 17.5 Å². The Kier molecular flexibility index (Phi) is 4.97. The molecule has 1 fully saturated rings. The number of benzene rings is 1. The Balaban J connectivity index is 2.38. The number of halogens is 1. The van der Waals surface area contributed by atoms with Crippen molar-refractivity contribution in [1.82, 2.24) is 4.31 Å². The van der Waals surface area contributed by atoms with Crippen molar-refractivity contribution in [1.29, 1.82) is 0 Å². The fraction of sp³-hybridized carbons (Fsp3) is 0.538. The summed E-state index contributed by atoms with van der Waals surface area (Å²) in [6, 6.07) is 4.99. The molecule has 0 N–H and O–H groups in total. The summed E-state index contributed by atoms with van der Waals surface area (Å²) in [6.45, 7) is 1.96. The molecule has 118 valence electrons. The minimum Gasteiger partial charge on any atom is -0.229 e. The fourth-order valence-corrected chi connectivity index (χ4v) is 5.80. The van der Waals surface area contributed by atoms with Crippen LogP contribution in [0.2, 0.25) is 0 Å². The van der Waals surface area contributed by atoms with Gasteiger partial charge in [0.25, 0.3) is 0 Å². The minimum absolute atomic E-state index is 0.00914. The van der Waals surface area contributed by atoms with Crippen molar-refractivity contribution >= 4 is 31.5 Å². The van der Waals surface area contributed by atoms with Crippen LogP contribution >= 0.6 is 11.6 Å². The van der Waals surface area contributed by atoms with E-state index in [1.54, 1.807) is 25.1 Å². The van der Waals surface area contributed by atoms with Crippen molar-refractivity contribution in [3.63, 3.8) is 0 Å². The maximum absolute atomic E-state index is 12.7. The van der Waals surface area contributed by atoms with Gasteiger partial charge in [-0.2, -0.15) is 4.31 Å². The van der Waals surface area contributed by atoms with Gasteiger partial charge >= 0.3 is 0 Å². The predicted octanol–water partition coefficient (Wildman–Crippen LogP) is 1.54. The van der Waals surface area contributed by atoms with E-state index < -0.39 is 19.9 Å². The molecule has 0 aromatic heterocycles. The Morgan fingerprint density at radius 2 is 1.95 bits per heavy atom. The number of hydrogen-bond acceptors (Lipinski definition) is 4. The summed E-state index contributed by atoms with van der Waals surface area (Å²) in [7, 11) is -6.83. The molecule has 21 heavy (non-hydrogen) atoms. The molecular formula is C13H18ClNO4S2. The van der Waals surface area contributed by atoms with Crippen LogP contribution in [0, 0.1) is 6.92 Å². The van der Waals surface area contributed by atoms with Gasteiger partial charge < -0.3 is 0 Å². The molecule has 0 saturated carbocycles. The quantitative estimate of drug-likeness (QED) is 0.774. The van der Waals surface area contributed by atoms with Crippen LogP contribution in [-0.2, 0) is 25.7 Å². The van der Waals surface area contributed by atoms with E-state index >= 15 is 0 Å². The molecule has 8 heteroatoms. The molecule has 1 aromatic carbocycles. The molecule has 0 unspecified atom stereocenters. The van der Waals surface area contributed by atoms with Gasteiger partial charge in [-0.05, 0) is 30.5 Å². The van der Waals surface area contributed by atoms with Crippen molar-refractivity contribution in [3.05, 3.63) is 29.3 Å². The summed E-state index contributed by atoms with van der Waals surface area (Å²) in [5, 5.41) is 0. The van der Waals surface area contributed by atoms with Crippen molar-refractivity contribution in [3.8, 4) is 0 Å². The van der Waals surface area contributed by atoms with E-state index in [9.17, 15) is 16.8 Å². The number of sulfone groups is 1. The molecule has 5 nitrogen and oxygen atoms in total. The summed E-state index contributed by atoms with van der Waals surface area (Å²) < 4.78 is 49.9. The Morgan fingerprint density at radius 1 is 1.24 bits per heavy atom. The van der Waals surface area contributed by atoms with Gasteiger partial charge in [0.15, 0.2) is 9.84 Å². The highest BCUT2D eigenvalue weighted by Gasteiger charge is 2.30. The third-order valence-corrected chi connectivity index (χ3v) is 7.72. The fourth-order valence-electron chi connectivity index (χ4n) is 2.38. The second-order valence-corrected chi connectivity index (χ2v) is 9.56. The molecule has 0 spiro atoms. The van der Waals surface area contributed by atoms with Gasteiger partial charge in [0, 0.05) is 19.0 Å². The van der Waals surface area contributed by atoms with Crippen molar-refractivity contribution in [2.45, 2.75) is 24.1 Å². The number of hydrogen-bond donors (Lipinski definition) is 0. The first-order valence-corrected chi connectivity index (χ1v) is 10.4. The molecular weight excluding hydrogens is 334 g/mol. The lowest BCUT2D eigenvalue weighted by molar-refractivity contribution is 0.434. The first-order valence-electron chi connectivity index (χ1n) is 6.63. The van der Waals surface area contributed by atoms with E-state index in [0.717, 1.165) is 5.56 Å². The molecule has 0 atom stereocenters. The van der Waals surface area contributed by atoms with E-state index in [-0.39, 0.29) is 35.4 Å². The van der Waals surface area contributed by atoms with E-state index in [1.807, 2.05) is 0 Å². The zero-order valence-corrected chi connectivity index (χ0v) is 14.1. The van der Waals surface area contributed by atoms with Crippen molar-refractivity contribution < 1.29 is 16.8 Å². The molecule has 1 aliphatic heterocycles. The van der Waals surface area contributed by atoms with Crippen LogP contribution in [0.3, 0.4) is 0 Å². The third-order valence-electron chi connectivity index (χ3n) is 3.67. The monoisotopic (exact) mass is 351 g/mol. The van der Waals surface area contributed by atoms with Gasteiger partial charge in [0.1, 0.15) is 0 Å². The van der Waals surface area contributed by atoms with Crippen LogP contribution in [0.5, 0.6) is 0 Å². The maximum Gasteiger partial charge on any atom is 0.243 e. The average molecular weight is 352 g/mol. The highest BCUT2D eigenvalue weighted by molar-refractivity contribution is 7.91. The summed E-state index contributed by atoms with van der Waals surface area (Å²) >= 11 is 5.82. The van der Waals surface area contributed by atoms with Crippen LogP contribution < -0.4 is 0 Å². The molecule has 1 heterocycles. The van der Waals surface area contributed by atoms with Gasteiger partial charge in [-0.1, -0.05) is 12.1 Å². The van der Waals surface area contributed by atoms with Gasteiger partial charge in [0.05, 0.1) is 16.4 Å². The SMILES string of the molecule is Cc1c(CCl)cccc1S(=O)(=O)N1CCCS(=O)(=O)CC1. The number of sulfonamides is 1. The van der Waals surface area contributed by atoms with Gasteiger partial charge in [-0.15, -0.1) is 11.6 Å². The molecule has 1 aromatic rings. The molecule has 0 aliphatic carbocycles. The summed E-state index contributed by atoms with van der Waals surface area (Å²) in [5.41, 5.74) is 1.39. The largest absolute Gasteiger partial charge is 0.243 e. The predicted molar refractivity (Wildman–Crippen MR) is 82.8 cm³/mol. The van der Waals surface area contributed by atoms with Crippen LogP contribution in [0.15, 0.2) is 23.1 Å². The van der Waals surface area contributed by atoms with E-state index in [2.05, 4.69) is 0 Å². The van der Waals surface area contributed by atoms with Crippen LogP contribution in [0.4, 0.5) is 0 Å². The van der Waals surface area contributed by atoms with Crippen molar-refractivity contribution in [2.24, 2.45) is 0 Å². The standard InChI is InChI=1S/C13H18ClNO4S2/c1-11-12(10-14)4-2-5-13(11)21(18,19)15-6-3-8-20(16,17)9-7-15/h2,4-5H,3,6-10H2,1H3. The first-order chi connectivity index (χ1) is 9.78. The summed E-state index contributed by atoms with van der Waals surface area (Å²) in [4.78, 5) is 0.208. The minimum atomic E-state index is -3.69. The number of alkyl halides is 1. The lowest BCUT2D eigenvalue weighted by Gasteiger charge is -2.21. The lowest BCUT2D eigenvalue weighted by atomic mass is 10.1. The number of nitrogens with zero attached hydrogens (tertiary/aromatic N) is 1. The van der Waals surface area contributed by atoms with Crippen LogP contribution in [-0.4, -0.2) is 45.7 Å². The van der Waals surface area contributed by atoms with E-state index in [1.165, 1.54) is 4.31 Å². The Hall–Kier alpha value is -0.630. The molecule has 1 saturated heterocycles. The topological polar surface area (TPSA) is 71.5 Å². The molecule has 0 amide bonds. The normalized spacial score (nSPS) is 20.1. The number of rotatable bonds is 3. The third kappa shape index (κ3) is 3.59. The zero-order valence-electron chi connectivity index (χ0n) is 11.7. The molecule has 2 rings (SSSR count). The van der Waals surface area contributed by atoms with Crippen molar-refractivity contribution in [2.75, 3.05) is 24.6 Å². The van der Waals surface area contributed by atoms with E-state index in [0.29, 0.717) is 12.0 Å². The Bertz CT molecular complexity index is 729. The smallest absolute Gasteiger partial charge is 0.229 e. The van der Waals surface area contributed by atoms with Crippen LogP contribution in [0.25, 0.3) is 0 Å². The zero-order chi connectivity index (χ0) is 15.7. The highest BCUT2D eigenvalue weighted by Crippen LogP contribution is 2.24. The first kappa shape index (κ1) is 16.7. The lowest BCUT2D eigenvalue weighted by Crippen LogP contribution is -2.34. The summed E-state index contributed by atoms with van der Waals surface area (Å²) in [6.07, 6.45) is 0.329. The Labute approximate surface area is 130 Å². The van der Waals surface area contributed by atoms with Gasteiger partial charge in [0.2, 0.25) is 10.0 Å². The summed E-state index contributed by atoms with van der Waals surface area (Å²) in [5.74, 6) is 0.157. The maximum atomic E-state index is 12.7. The van der Waals surface area contributed by atoms with E-state index in [4.69, 9.17) is 11.6 Å². The highest BCUT2D eigenvalue weighted by atomic mass is 35.5. The second kappa shape index (κ2) is 6.24. The second-order valence-electron chi connectivity index (χ2n) is 5.08. The average Bonchev–Trinajstić information content (AvgIpc) is 2.60.